The van der Waals surface area contributed by atoms with Crippen LogP contribution in [-0.2, 0) is 13.0 Å². The number of aromatic nitrogens is 1. The van der Waals surface area contributed by atoms with Gasteiger partial charge in [0.15, 0.2) is 5.96 Å². The second-order valence-corrected chi connectivity index (χ2v) is 6.28. The van der Waals surface area contributed by atoms with Crippen molar-refractivity contribution in [2.75, 3.05) is 32.7 Å². The molecule has 2 N–H and O–H groups in total. The van der Waals surface area contributed by atoms with Gasteiger partial charge in [0.05, 0.1) is 6.54 Å². The van der Waals surface area contributed by atoms with E-state index in [0.29, 0.717) is 6.54 Å². The van der Waals surface area contributed by atoms with Crippen LogP contribution in [0.1, 0.15) is 44.0 Å². The molecule has 1 aromatic rings. The van der Waals surface area contributed by atoms with Gasteiger partial charge >= 0.3 is 0 Å². The first-order valence-corrected chi connectivity index (χ1v) is 9.23. The third kappa shape index (κ3) is 9.46. The summed E-state index contributed by atoms with van der Waals surface area (Å²) in [6, 6.07) is 0. The Morgan fingerprint density at radius 3 is 2.52 bits per heavy atom. The van der Waals surface area contributed by atoms with E-state index >= 15 is 0 Å². The zero-order valence-electron chi connectivity index (χ0n) is 14.9. The monoisotopic (exact) mass is 453 g/mol. The van der Waals surface area contributed by atoms with E-state index in [2.05, 4.69) is 53.2 Å². The summed E-state index contributed by atoms with van der Waals surface area (Å²) in [5.74, 6) is 0.885. The van der Waals surface area contributed by atoms with E-state index in [9.17, 15) is 0 Å². The summed E-state index contributed by atoms with van der Waals surface area (Å²) in [5, 5.41) is 7.78. The fourth-order valence-corrected chi connectivity index (χ4v) is 2.91. The number of nitrogens with zero attached hydrogens (tertiary/aromatic N) is 3. The van der Waals surface area contributed by atoms with E-state index in [0.717, 1.165) is 56.5 Å². The van der Waals surface area contributed by atoms with Crippen molar-refractivity contribution < 1.29 is 0 Å². The Morgan fingerprint density at radius 1 is 1.22 bits per heavy atom. The first-order valence-electron chi connectivity index (χ1n) is 8.41. The summed E-state index contributed by atoms with van der Waals surface area (Å²) in [6.07, 6.45) is 4.13. The van der Waals surface area contributed by atoms with Crippen LogP contribution >= 0.6 is 35.3 Å². The molecular formula is C16H32IN5S. The van der Waals surface area contributed by atoms with Crippen molar-refractivity contribution in [3.05, 3.63) is 16.1 Å². The van der Waals surface area contributed by atoms with Crippen LogP contribution in [0.4, 0.5) is 0 Å². The normalized spacial score (nSPS) is 11.4. The van der Waals surface area contributed by atoms with Gasteiger partial charge in [0.1, 0.15) is 5.01 Å². The van der Waals surface area contributed by atoms with Crippen LogP contribution in [0.5, 0.6) is 0 Å². The molecule has 0 saturated carbocycles. The van der Waals surface area contributed by atoms with E-state index in [1.54, 1.807) is 11.3 Å². The SMILES string of the molecule is CCNC(=NCc1ncc(CC)s1)NCCCN(CC)CC.I. The minimum atomic E-state index is 0. The van der Waals surface area contributed by atoms with Crippen molar-refractivity contribution in [1.29, 1.82) is 0 Å². The molecule has 0 radical (unpaired) electrons. The van der Waals surface area contributed by atoms with Gasteiger partial charge in [0, 0.05) is 24.2 Å². The Kier molecular flexibility index (Phi) is 13.7. The first-order chi connectivity index (χ1) is 10.7. The van der Waals surface area contributed by atoms with Crippen LogP contribution in [0.15, 0.2) is 11.2 Å². The van der Waals surface area contributed by atoms with Gasteiger partial charge in [-0.3, -0.25) is 0 Å². The number of hydrogen-bond donors (Lipinski definition) is 2. The lowest BCUT2D eigenvalue weighted by Crippen LogP contribution is -2.38. The van der Waals surface area contributed by atoms with Crippen LogP contribution in [0, 0.1) is 0 Å². The highest BCUT2D eigenvalue weighted by atomic mass is 127. The molecule has 0 aliphatic heterocycles. The molecule has 0 aliphatic rings. The number of hydrogen-bond acceptors (Lipinski definition) is 4. The molecule has 1 heterocycles. The second-order valence-electron chi connectivity index (χ2n) is 5.08. The molecule has 1 rings (SSSR count). The number of halogens is 1. The molecular weight excluding hydrogens is 421 g/mol. The minimum absolute atomic E-state index is 0. The van der Waals surface area contributed by atoms with Gasteiger partial charge in [0.25, 0.3) is 0 Å². The summed E-state index contributed by atoms with van der Waals surface area (Å²) < 4.78 is 0. The van der Waals surface area contributed by atoms with Gasteiger partial charge in [-0.15, -0.1) is 35.3 Å². The molecule has 5 nitrogen and oxygen atoms in total. The highest BCUT2D eigenvalue weighted by Crippen LogP contribution is 2.13. The Hall–Kier alpha value is -0.410. The number of thiazole rings is 1. The van der Waals surface area contributed by atoms with Crippen molar-refractivity contribution in [2.45, 2.75) is 47.1 Å². The zero-order valence-corrected chi connectivity index (χ0v) is 18.0. The van der Waals surface area contributed by atoms with Crippen LogP contribution in [-0.4, -0.2) is 48.6 Å². The molecule has 0 aliphatic carbocycles. The lowest BCUT2D eigenvalue weighted by atomic mass is 10.3. The van der Waals surface area contributed by atoms with E-state index in [4.69, 9.17) is 0 Å². The smallest absolute Gasteiger partial charge is 0.191 e. The molecule has 0 saturated heterocycles. The summed E-state index contributed by atoms with van der Waals surface area (Å²) in [5.41, 5.74) is 0. The molecule has 23 heavy (non-hydrogen) atoms. The topological polar surface area (TPSA) is 52.6 Å². The Bertz CT molecular complexity index is 432. The van der Waals surface area contributed by atoms with Crippen molar-refractivity contribution in [2.24, 2.45) is 4.99 Å². The van der Waals surface area contributed by atoms with Crippen molar-refractivity contribution in [1.82, 2.24) is 20.5 Å². The van der Waals surface area contributed by atoms with Crippen LogP contribution in [0.2, 0.25) is 0 Å². The fraction of sp³-hybridized carbons (Fsp3) is 0.750. The lowest BCUT2D eigenvalue weighted by Gasteiger charge is -2.18. The highest BCUT2D eigenvalue weighted by molar-refractivity contribution is 14.0. The second kappa shape index (κ2) is 14.0. The molecule has 7 heteroatoms. The molecule has 0 aromatic carbocycles. The molecule has 0 amide bonds. The van der Waals surface area contributed by atoms with E-state index in [1.807, 2.05) is 6.20 Å². The molecule has 0 bridgehead atoms. The third-order valence-corrected chi connectivity index (χ3v) is 4.63. The number of aryl methyl sites for hydroxylation is 1. The number of rotatable bonds is 10. The summed E-state index contributed by atoms with van der Waals surface area (Å²) in [4.78, 5) is 12.8. The molecule has 134 valence electrons. The maximum atomic E-state index is 4.62. The van der Waals surface area contributed by atoms with Gasteiger partial charge < -0.3 is 15.5 Å². The predicted octanol–water partition coefficient (Wildman–Crippen LogP) is 3.11. The lowest BCUT2D eigenvalue weighted by molar-refractivity contribution is 0.300. The number of guanidine groups is 1. The van der Waals surface area contributed by atoms with E-state index in [1.165, 1.54) is 4.88 Å². The molecule has 0 atom stereocenters. The van der Waals surface area contributed by atoms with E-state index in [-0.39, 0.29) is 24.0 Å². The molecule has 1 aromatic heterocycles. The predicted molar refractivity (Wildman–Crippen MR) is 112 cm³/mol. The zero-order chi connectivity index (χ0) is 16.2. The van der Waals surface area contributed by atoms with E-state index < -0.39 is 0 Å². The van der Waals surface area contributed by atoms with Crippen LogP contribution in [0.25, 0.3) is 0 Å². The molecule has 0 unspecified atom stereocenters. The Balaban J connectivity index is 0.00000484. The van der Waals surface area contributed by atoms with Crippen molar-refractivity contribution in [3.8, 4) is 0 Å². The van der Waals surface area contributed by atoms with Crippen molar-refractivity contribution >= 4 is 41.3 Å². The van der Waals surface area contributed by atoms with Crippen molar-refractivity contribution in [3.63, 3.8) is 0 Å². The fourth-order valence-electron chi connectivity index (χ4n) is 2.12. The largest absolute Gasteiger partial charge is 0.357 e. The maximum absolute atomic E-state index is 4.62. The molecule has 0 spiro atoms. The number of nitrogens with one attached hydrogen (secondary N) is 2. The van der Waals surface area contributed by atoms with Gasteiger partial charge in [-0.05, 0) is 39.4 Å². The average molecular weight is 453 g/mol. The third-order valence-electron chi connectivity index (χ3n) is 3.50. The minimum Gasteiger partial charge on any atom is -0.357 e. The van der Waals surface area contributed by atoms with Gasteiger partial charge in [-0.2, -0.15) is 0 Å². The quantitative estimate of drug-likeness (QED) is 0.248. The maximum Gasteiger partial charge on any atom is 0.191 e. The van der Waals surface area contributed by atoms with Gasteiger partial charge in [0.2, 0.25) is 0 Å². The Morgan fingerprint density at radius 2 is 1.96 bits per heavy atom. The Labute approximate surface area is 162 Å². The highest BCUT2D eigenvalue weighted by Gasteiger charge is 2.02. The van der Waals surface area contributed by atoms with Gasteiger partial charge in [-0.1, -0.05) is 20.8 Å². The van der Waals surface area contributed by atoms with Crippen LogP contribution < -0.4 is 10.6 Å². The summed E-state index contributed by atoms with van der Waals surface area (Å²) >= 11 is 1.75. The van der Waals surface area contributed by atoms with Crippen LogP contribution in [0.3, 0.4) is 0 Å². The summed E-state index contributed by atoms with van der Waals surface area (Å²) in [6.45, 7) is 14.5. The van der Waals surface area contributed by atoms with Gasteiger partial charge in [-0.25, -0.2) is 9.98 Å². The molecule has 0 fully saturated rings. The summed E-state index contributed by atoms with van der Waals surface area (Å²) in [7, 11) is 0. The number of aliphatic imine (C=N–C) groups is 1. The standard InChI is InChI=1S/C16H31N5S.HI/c1-5-14-12-19-15(22-14)13-20-16(17-6-2)18-10-9-11-21(7-3)8-4;/h12H,5-11,13H2,1-4H3,(H2,17,18,20);1H. The average Bonchev–Trinajstić information content (AvgIpc) is 3.00. The first kappa shape index (κ1) is 22.6.